The molecule has 18 heavy (non-hydrogen) atoms. The summed E-state index contributed by atoms with van der Waals surface area (Å²) in [5.74, 6) is 0.00645. The molecule has 0 heterocycles. The summed E-state index contributed by atoms with van der Waals surface area (Å²) in [6, 6.07) is 4.71. The molecule has 0 aliphatic heterocycles. The molecule has 1 aromatic carbocycles. The predicted octanol–water partition coefficient (Wildman–Crippen LogP) is 1.50. The van der Waals surface area contributed by atoms with Crippen LogP contribution in [0.4, 0.5) is 20.2 Å². The van der Waals surface area contributed by atoms with Gasteiger partial charge in [-0.25, -0.2) is 8.78 Å². The number of carbonyl (C=O) groups excluding carboxylic acids is 1. The van der Waals surface area contributed by atoms with Crippen LogP contribution in [0.15, 0.2) is 18.2 Å². The molecule has 0 radical (unpaired) electrons. The summed E-state index contributed by atoms with van der Waals surface area (Å²) >= 11 is 0. The molecule has 1 rings (SSSR count). The van der Waals surface area contributed by atoms with E-state index in [1.165, 1.54) is 13.2 Å². The number of nitrogen functional groups attached to an aromatic ring is 1. The van der Waals surface area contributed by atoms with Crippen molar-refractivity contribution < 1.29 is 23.0 Å². The molecule has 0 saturated carbocycles. The first-order valence-corrected chi connectivity index (χ1v) is 5.12. The molecule has 1 amide bonds. The van der Waals surface area contributed by atoms with E-state index in [2.05, 4.69) is 10.1 Å². The maximum Gasteiger partial charge on any atom is 0.261 e. The molecule has 0 atom stereocenters. The number of nitrogens with two attached hydrogens (primary N) is 1. The molecular formula is C11H14F2N2O3. The van der Waals surface area contributed by atoms with Crippen molar-refractivity contribution in [2.75, 3.05) is 31.4 Å². The summed E-state index contributed by atoms with van der Waals surface area (Å²) < 4.78 is 33.0. The topological polar surface area (TPSA) is 73.6 Å². The highest BCUT2D eigenvalue weighted by atomic mass is 19.3. The van der Waals surface area contributed by atoms with Gasteiger partial charge < -0.3 is 20.5 Å². The molecule has 0 spiro atoms. The summed E-state index contributed by atoms with van der Waals surface area (Å²) in [6.07, 6.45) is -2.59. The number of hydrogen-bond donors (Lipinski definition) is 2. The number of hydrogen-bond acceptors (Lipinski definition) is 4. The molecule has 0 unspecified atom stereocenters. The standard InChI is InChI=1S/C11H14F2N2O3/c1-17-7-2-3-9(8(14)4-7)15-11(16)6-18-5-10(12)13/h2-4,10H,5-6,14H2,1H3,(H,15,16). The molecule has 100 valence electrons. The van der Waals surface area contributed by atoms with Gasteiger partial charge in [-0.05, 0) is 12.1 Å². The zero-order valence-electron chi connectivity index (χ0n) is 9.78. The Morgan fingerprint density at radius 2 is 2.22 bits per heavy atom. The average molecular weight is 260 g/mol. The average Bonchev–Trinajstić information content (AvgIpc) is 2.31. The van der Waals surface area contributed by atoms with Gasteiger partial charge in [-0.15, -0.1) is 0 Å². The number of carbonyl (C=O) groups is 1. The molecule has 7 heteroatoms. The number of anilines is 2. The van der Waals surface area contributed by atoms with E-state index >= 15 is 0 Å². The summed E-state index contributed by atoms with van der Waals surface area (Å²) in [4.78, 5) is 11.3. The van der Waals surface area contributed by atoms with Gasteiger partial charge in [0.05, 0.1) is 18.5 Å². The van der Waals surface area contributed by atoms with Crippen molar-refractivity contribution in [2.24, 2.45) is 0 Å². The fraction of sp³-hybridized carbons (Fsp3) is 0.364. The van der Waals surface area contributed by atoms with Gasteiger partial charge in [0, 0.05) is 6.07 Å². The normalized spacial score (nSPS) is 10.4. The molecule has 0 aliphatic rings. The van der Waals surface area contributed by atoms with Crippen LogP contribution in [0.25, 0.3) is 0 Å². The Hall–Kier alpha value is -1.89. The van der Waals surface area contributed by atoms with E-state index < -0.39 is 25.5 Å². The Morgan fingerprint density at radius 1 is 1.50 bits per heavy atom. The second-order valence-electron chi connectivity index (χ2n) is 3.41. The Bertz CT molecular complexity index is 413. The van der Waals surface area contributed by atoms with Crippen molar-refractivity contribution in [3.63, 3.8) is 0 Å². The Labute approximate surface area is 103 Å². The van der Waals surface area contributed by atoms with E-state index in [9.17, 15) is 13.6 Å². The van der Waals surface area contributed by atoms with Gasteiger partial charge in [0.1, 0.15) is 19.0 Å². The fourth-order valence-corrected chi connectivity index (χ4v) is 1.21. The number of nitrogens with one attached hydrogen (secondary N) is 1. The van der Waals surface area contributed by atoms with E-state index in [-0.39, 0.29) is 0 Å². The highest BCUT2D eigenvalue weighted by molar-refractivity contribution is 5.94. The second kappa shape index (κ2) is 6.75. The molecule has 0 saturated heterocycles. The van der Waals surface area contributed by atoms with E-state index in [1.807, 2.05) is 0 Å². The minimum atomic E-state index is -2.59. The van der Waals surface area contributed by atoms with Crippen LogP contribution >= 0.6 is 0 Å². The molecule has 0 aromatic heterocycles. The lowest BCUT2D eigenvalue weighted by molar-refractivity contribution is -0.121. The molecule has 5 nitrogen and oxygen atoms in total. The van der Waals surface area contributed by atoms with Crippen LogP contribution in [0.2, 0.25) is 0 Å². The largest absolute Gasteiger partial charge is 0.497 e. The lowest BCUT2D eigenvalue weighted by atomic mass is 10.2. The van der Waals surface area contributed by atoms with Crippen molar-refractivity contribution in [1.29, 1.82) is 0 Å². The Kier molecular flexibility index (Phi) is 5.31. The molecule has 0 bridgehead atoms. The monoisotopic (exact) mass is 260 g/mol. The summed E-state index contributed by atoms with van der Waals surface area (Å²) in [7, 11) is 1.49. The third kappa shape index (κ3) is 4.54. The molecule has 0 aliphatic carbocycles. The lowest BCUT2D eigenvalue weighted by Gasteiger charge is -2.09. The van der Waals surface area contributed by atoms with E-state index in [0.29, 0.717) is 17.1 Å². The number of amides is 1. The SMILES string of the molecule is COc1ccc(NC(=O)COCC(F)F)c(N)c1. The number of methoxy groups -OCH3 is 1. The first-order chi connectivity index (χ1) is 8.52. The van der Waals surface area contributed by atoms with Gasteiger partial charge >= 0.3 is 0 Å². The predicted molar refractivity (Wildman–Crippen MR) is 62.9 cm³/mol. The minimum Gasteiger partial charge on any atom is -0.497 e. The zero-order chi connectivity index (χ0) is 13.5. The number of halogens is 2. The van der Waals surface area contributed by atoms with Crippen LogP contribution in [0.1, 0.15) is 0 Å². The zero-order valence-corrected chi connectivity index (χ0v) is 9.78. The van der Waals surface area contributed by atoms with Crippen LogP contribution in [-0.4, -0.2) is 32.7 Å². The van der Waals surface area contributed by atoms with Crippen molar-refractivity contribution in [3.05, 3.63) is 18.2 Å². The van der Waals surface area contributed by atoms with Crippen molar-refractivity contribution in [1.82, 2.24) is 0 Å². The van der Waals surface area contributed by atoms with Crippen LogP contribution in [0.5, 0.6) is 5.75 Å². The highest BCUT2D eigenvalue weighted by Gasteiger charge is 2.08. The van der Waals surface area contributed by atoms with Gasteiger partial charge in [-0.3, -0.25) is 4.79 Å². The number of alkyl halides is 2. The fourth-order valence-electron chi connectivity index (χ4n) is 1.21. The maximum atomic E-state index is 11.8. The summed E-state index contributed by atoms with van der Waals surface area (Å²) in [5.41, 5.74) is 6.36. The van der Waals surface area contributed by atoms with Crippen molar-refractivity contribution in [2.45, 2.75) is 6.43 Å². The number of ether oxygens (including phenoxy) is 2. The third-order valence-electron chi connectivity index (χ3n) is 2.01. The quantitative estimate of drug-likeness (QED) is 0.760. The van der Waals surface area contributed by atoms with Crippen molar-refractivity contribution in [3.8, 4) is 5.75 Å². The van der Waals surface area contributed by atoms with Crippen molar-refractivity contribution >= 4 is 17.3 Å². The van der Waals surface area contributed by atoms with Gasteiger partial charge in [-0.1, -0.05) is 0 Å². The molecular weight excluding hydrogens is 246 g/mol. The van der Waals surface area contributed by atoms with E-state index in [0.717, 1.165) is 0 Å². The van der Waals surface area contributed by atoms with Gasteiger partial charge in [0.25, 0.3) is 6.43 Å². The number of rotatable bonds is 6. The smallest absolute Gasteiger partial charge is 0.261 e. The van der Waals surface area contributed by atoms with Crippen LogP contribution in [0.3, 0.4) is 0 Å². The third-order valence-corrected chi connectivity index (χ3v) is 2.01. The first-order valence-electron chi connectivity index (χ1n) is 5.12. The van der Waals surface area contributed by atoms with Crippen LogP contribution in [0, 0.1) is 0 Å². The second-order valence-corrected chi connectivity index (χ2v) is 3.41. The number of benzene rings is 1. The molecule has 3 N–H and O–H groups in total. The van der Waals surface area contributed by atoms with Gasteiger partial charge in [0.2, 0.25) is 5.91 Å². The Balaban J connectivity index is 2.49. The first kappa shape index (κ1) is 14.2. The Morgan fingerprint density at radius 3 is 2.78 bits per heavy atom. The summed E-state index contributed by atoms with van der Waals surface area (Å²) in [5, 5.41) is 2.45. The minimum absolute atomic E-state index is 0.316. The lowest BCUT2D eigenvalue weighted by Crippen LogP contribution is -2.20. The van der Waals surface area contributed by atoms with Crippen LogP contribution < -0.4 is 15.8 Å². The van der Waals surface area contributed by atoms with E-state index in [4.69, 9.17) is 10.5 Å². The summed E-state index contributed by atoms with van der Waals surface area (Å²) in [6.45, 7) is -1.22. The van der Waals surface area contributed by atoms with Crippen LogP contribution in [-0.2, 0) is 9.53 Å². The van der Waals surface area contributed by atoms with Gasteiger partial charge in [-0.2, -0.15) is 0 Å². The van der Waals surface area contributed by atoms with E-state index in [1.54, 1.807) is 12.1 Å². The maximum absolute atomic E-state index is 11.8. The molecule has 0 fully saturated rings. The van der Waals surface area contributed by atoms with Gasteiger partial charge in [0.15, 0.2) is 0 Å². The highest BCUT2D eigenvalue weighted by Crippen LogP contribution is 2.23. The molecule has 1 aromatic rings.